The van der Waals surface area contributed by atoms with E-state index in [1.165, 1.54) is 36.1 Å². The fourth-order valence-electron chi connectivity index (χ4n) is 3.28. The number of anilines is 1. The van der Waals surface area contributed by atoms with Crippen molar-refractivity contribution < 1.29 is 0 Å². The van der Waals surface area contributed by atoms with Crippen molar-refractivity contribution in [2.24, 2.45) is 5.73 Å². The summed E-state index contributed by atoms with van der Waals surface area (Å²) in [5.41, 5.74) is 16.3. The molecule has 3 heteroatoms. The summed E-state index contributed by atoms with van der Waals surface area (Å²) in [6, 6.07) is 17.1. The van der Waals surface area contributed by atoms with Crippen LogP contribution >= 0.6 is 0 Å². The van der Waals surface area contributed by atoms with Gasteiger partial charge in [0.15, 0.2) is 0 Å². The Kier molecular flexibility index (Phi) is 4.76. The lowest BCUT2D eigenvalue weighted by molar-refractivity contribution is 0.200. The second-order valence-electron chi connectivity index (χ2n) is 6.26. The van der Waals surface area contributed by atoms with E-state index in [4.69, 9.17) is 11.5 Å². The van der Waals surface area contributed by atoms with Crippen LogP contribution in [-0.2, 0) is 13.1 Å². The predicted octanol–water partition coefficient (Wildman–Crippen LogP) is 3.11. The van der Waals surface area contributed by atoms with Crippen LogP contribution in [0.3, 0.4) is 0 Å². The van der Waals surface area contributed by atoms with Crippen molar-refractivity contribution in [2.75, 3.05) is 18.8 Å². The molecule has 1 aliphatic rings. The number of nitrogens with zero attached hydrogens (tertiary/aromatic N) is 1. The monoisotopic (exact) mass is 295 g/mol. The van der Waals surface area contributed by atoms with Gasteiger partial charge >= 0.3 is 0 Å². The number of nitrogen functional groups attached to an aromatic ring is 1. The number of rotatable bonds is 4. The molecule has 3 nitrogen and oxygen atoms in total. The molecule has 0 radical (unpaired) electrons. The third-order valence-electron chi connectivity index (χ3n) is 4.58. The molecular formula is C19H25N3. The van der Waals surface area contributed by atoms with Crippen LogP contribution in [0.2, 0.25) is 0 Å². The molecule has 0 spiro atoms. The Balaban J connectivity index is 1.63. The van der Waals surface area contributed by atoms with Crippen LogP contribution < -0.4 is 11.5 Å². The van der Waals surface area contributed by atoms with Crippen LogP contribution in [0.25, 0.3) is 0 Å². The molecule has 1 aliphatic heterocycles. The molecule has 3 rings (SSSR count). The van der Waals surface area contributed by atoms with Gasteiger partial charge in [-0.2, -0.15) is 0 Å². The minimum atomic E-state index is 0.614. The molecular weight excluding hydrogens is 270 g/mol. The molecule has 1 heterocycles. The molecule has 1 atom stereocenters. The maximum Gasteiger partial charge on any atom is 0.0314 e. The summed E-state index contributed by atoms with van der Waals surface area (Å²) in [7, 11) is 0. The van der Waals surface area contributed by atoms with Gasteiger partial charge in [0.1, 0.15) is 0 Å². The first-order valence-electron chi connectivity index (χ1n) is 8.10. The van der Waals surface area contributed by atoms with Crippen LogP contribution in [0.5, 0.6) is 0 Å². The lowest BCUT2D eigenvalue weighted by Crippen LogP contribution is -2.33. The molecule has 22 heavy (non-hydrogen) atoms. The van der Waals surface area contributed by atoms with Crippen molar-refractivity contribution in [2.45, 2.75) is 31.8 Å². The van der Waals surface area contributed by atoms with E-state index in [9.17, 15) is 0 Å². The summed E-state index contributed by atoms with van der Waals surface area (Å²) < 4.78 is 0. The zero-order valence-corrected chi connectivity index (χ0v) is 13.0. The molecule has 1 saturated heterocycles. The third-order valence-corrected chi connectivity index (χ3v) is 4.58. The predicted molar refractivity (Wildman–Crippen MR) is 92.4 cm³/mol. The summed E-state index contributed by atoms with van der Waals surface area (Å²) in [6.07, 6.45) is 2.53. The topological polar surface area (TPSA) is 55.3 Å². The van der Waals surface area contributed by atoms with Crippen LogP contribution in [-0.4, -0.2) is 18.0 Å². The van der Waals surface area contributed by atoms with Crippen LogP contribution in [0.1, 0.15) is 35.4 Å². The zero-order valence-electron chi connectivity index (χ0n) is 13.0. The highest BCUT2D eigenvalue weighted by Crippen LogP contribution is 2.28. The normalized spacial score (nSPS) is 19.2. The summed E-state index contributed by atoms with van der Waals surface area (Å²) in [6.45, 7) is 3.95. The molecule has 2 aromatic carbocycles. The average molecular weight is 295 g/mol. The molecule has 0 amide bonds. The number of hydrogen-bond donors (Lipinski definition) is 2. The van der Waals surface area contributed by atoms with Gasteiger partial charge in [-0.05, 0) is 54.1 Å². The first kappa shape index (κ1) is 15.1. The first-order chi connectivity index (χ1) is 10.7. The Morgan fingerprint density at radius 2 is 1.64 bits per heavy atom. The highest BCUT2D eigenvalue weighted by molar-refractivity contribution is 5.40. The van der Waals surface area contributed by atoms with Crippen LogP contribution in [0, 0.1) is 0 Å². The van der Waals surface area contributed by atoms with Gasteiger partial charge in [0.05, 0.1) is 0 Å². The second-order valence-corrected chi connectivity index (χ2v) is 6.26. The maximum absolute atomic E-state index is 5.79. The first-order valence-corrected chi connectivity index (χ1v) is 8.10. The van der Waals surface area contributed by atoms with Gasteiger partial charge in [-0.3, -0.25) is 4.90 Å². The molecule has 4 N–H and O–H groups in total. The lowest BCUT2D eigenvalue weighted by Gasteiger charge is -2.33. The minimum Gasteiger partial charge on any atom is -0.399 e. The highest BCUT2D eigenvalue weighted by atomic mass is 15.1. The lowest BCUT2D eigenvalue weighted by atomic mass is 9.90. The van der Waals surface area contributed by atoms with Crippen molar-refractivity contribution in [3.05, 3.63) is 65.2 Å². The van der Waals surface area contributed by atoms with E-state index >= 15 is 0 Å². The summed E-state index contributed by atoms with van der Waals surface area (Å²) >= 11 is 0. The van der Waals surface area contributed by atoms with Crippen molar-refractivity contribution in [3.8, 4) is 0 Å². The number of benzene rings is 2. The Morgan fingerprint density at radius 1 is 0.955 bits per heavy atom. The summed E-state index contributed by atoms with van der Waals surface area (Å²) in [5.74, 6) is 0.623. The quantitative estimate of drug-likeness (QED) is 0.852. The molecule has 0 saturated carbocycles. The molecule has 0 aromatic heterocycles. The van der Waals surface area contributed by atoms with E-state index in [-0.39, 0.29) is 0 Å². The molecule has 116 valence electrons. The van der Waals surface area contributed by atoms with Gasteiger partial charge in [-0.25, -0.2) is 0 Å². The van der Waals surface area contributed by atoms with Gasteiger partial charge in [-0.15, -0.1) is 0 Å². The number of piperidine rings is 1. The maximum atomic E-state index is 5.79. The van der Waals surface area contributed by atoms with Gasteiger partial charge in [0, 0.05) is 25.3 Å². The SMILES string of the molecule is NCc1ccc(CN2CCCC(c3ccc(N)cc3)C2)cc1. The van der Waals surface area contributed by atoms with Crippen molar-refractivity contribution >= 4 is 5.69 Å². The summed E-state index contributed by atoms with van der Waals surface area (Å²) in [4.78, 5) is 2.56. The third kappa shape index (κ3) is 3.67. The molecule has 0 bridgehead atoms. The highest BCUT2D eigenvalue weighted by Gasteiger charge is 2.21. The van der Waals surface area contributed by atoms with E-state index in [2.05, 4.69) is 41.3 Å². The molecule has 0 aliphatic carbocycles. The number of nitrogens with two attached hydrogens (primary N) is 2. The largest absolute Gasteiger partial charge is 0.399 e. The van der Waals surface area contributed by atoms with E-state index in [0.717, 1.165) is 18.8 Å². The standard InChI is InChI=1S/C19H25N3/c20-12-15-3-5-16(6-4-15)13-22-11-1-2-18(14-22)17-7-9-19(21)10-8-17/h3-10,18H,1-2,11-14,20-21H2. The van der Waals surface area contributed by atoms with E-state index in [0.29, 0.717) is 12.5 Å². The van der Waals surface area contributed by atoms with Crippen LogP contribution in [0.15, 0.2) is 48.5 Å². The fourth-order valence-corrected chi connectivity index (χ4v) is 3.28. The van der Waals surface area contributed by atoms with E-state index in [1.54, 1.807) is 0 Å². The zero-order chi connectivity index (χ0) is 15.4. The van der Waals surface area contributed by atoms with Crippen LogP contribution in [0.4, 0.5) is 5.69 Å². The van der Waals surface area contributed by atoms with Crippen molar-refractivity contribution in [1.29, 1.82) is 0 Å². The van der Waals surface area contributed by atoms with E-state index < -0.39 is 0 Å². The molecule has 1 fully saturated rings. The van der Waals surface area contributed by atoms with Crippen molar-refractivity contribution in [1.82, 2.24) is 4.90 Å². The second kappa shape index (κ2) is 6.95. The smallest absolute Gasteiger partial charge is 0.0314 e. The Hall–Kier alpha value is -1.84. The Labute approximate surface area is 132 Å². The van der Waals surface area contributed by atoms with E-state index in [1.807, 2.05) is 12.1 Å². The number of likely N-dealkylation sites (tertiary alicyclic amines) is 1. The number of hydrogen-bond acceptors (Lipinski definition) is 3. The van der Waals surface area contributed by atoms with Gasteiger partial charge < -0.3 is 11.5 Å². The summed E-state index contributed by atoms with van der Waals surface area (Å²) in [5, 5.41) is 0. The van der Waals surface area contributed by atoms with Gasteiger partial charge in [0.2, 0.25) is 0 Å². The minimum absolute atomic E-state index is 0.614. The van der Waals surface area contributed by atoms with Crippen molar-refractivity contribution in [3.63, 3.8) is 0 Å². The average Bonchev–Trinajstić information content (AvgIpc) is 2.56. The Bertz CT molecular complexity index is 589. The van der Waals surface area contributed by atoms with Gasteiger partial charge in [0.25, 0.3) is 0 Å². The Morgan fingerprint density at radius 3 is 2.32 bits per heavy atom. The molecule has 1 unspecified atom stereocenters. The van der Waals surface area contributed by atoms with Gasteiger partial charge in [-0.1, -0.05) is 36.4 Å². The fraction of sp³-hybridized carbons (Fsp3) is 0.368. The molecule has 2 aromatic rings.